The Morgan fingerprint density at radius 3 is 2.55 bits per heavy atom. The number of hydrogen-bond donors (Lipinski definition) is 0. The molecule has 2 amide bonds. The summed E-state index contributed by atoms with van der Waals surface area (Å²) in [6.45, 7) is 0.566. The van der Waals surface area contributed by atoms with E-state index in [1.807, 2.05) is 42.6 Å². The largest absolute Gasteiger partial charge is 0.343 e. The summed E-state index contributed by atoms with van der Waals surface area (Å²) in [6, 6.07) is 23.3. The predicted octanol–water partition coefficient (Wildman–Crippen LogP) is 6.07. The summed E-state index contributed by atoms with van der Waals surface area (Å²) in [4.78, 5) is 26.8. The summed E-state index contributed by atoms with van der Waals surface area (Å²) in [5.41, 5.74) is 3.31. The van der Waals surface area contributed by atoms with Crippen LogP contribution >= 0.6 is 11.8 Å². The van der Waals surface area contributed by atoms with Crippen molar-refractivity contribution in [2.24, 2.45) is 0 Å². The second-order valence-electron chi connectivity index (χ2n) is 7.24. The first-order valence-corrected chi connectivity index (χ1v) is 10.6. The van der Waals surface area contributed by atoms with Crippen LogP contribution in [0, 0.1) is 5.82 Å². The summed E-state index contributed by atoms with van der Waals surface area (Å²) in [5.74, 6) is -0.564. The molecule has 0 bridgehead atoms. The van der Waals surface area contributed by atoms with E-state index in [0.29, 0.717) is 17.1 Å². The number of hydrogen-bond acceptors (Lipinski definition) is 3. The summed E-state index contributed by atoms with van der Waals surface area (Å²) in [7, 11) is 0. The van der Waals surface area contributed by atoms with Crippen LogP contribution < -0.4 is 4.90 Å². The zero-order valence-corrected chi connectivity index (χ0v) is 17.2. The molecule has 0 radical (unpaired) electrons. The lowest BCUT2D eigenvalue weighted by atomic mass is 10.1. The molecule has 0 saturated carbocycles. The number of carbonyl (C=O) groups excluding carboxylic acids is 2. The maximum Gasteiger partial charge on any atom is 0.298 e. The molecule has 1 aliphatic rings. The first-order valence-electron chi connectivity index (χ1n) is 9.75. The monoisotopic (exact) mass is 428 g/mol. The van der Waals surface area contributed by atoms with Gasteiger partial charge in [-0.3, -0.25) is 9.59 Å². The topological polar surface area (TPSA) is 42.3 Å². The van der Waals surface area contributed by atoms with Gasteiger partial charge in [-0.25, -0.2) is 9.29 Å². The van der Waals surface area contributed by atoms with Crippen LogP contribution in [0.15, 0.2) is 90.0 Å². The van der Waals surface area contributed by atoms with Crippen LogP contribution in [0.4, 0.5) is 14.9 Å². The lowest BCUT2D eigenvalue weighted by Crippen LogP contribution is -2.27. The third kappa shape index (κ3) is 3.78. The van der Waals surface area contributed by atoms with Crippen LogP contribution in [-0.4, -0.2) is 15.7 Å². The molecule has 2 heterocycles. The Bertz CT molecular complexity index is 1340. The minimum atomic E-state index is -0.315. The molecule has 0 atom stereocenters. The highest BCUT2D eigenvalue weighted by molar-refractivity contribution is 8.19. The molecule has 1 aliphatic heterocycles. The molecule has 6 heteroatoms. The molecule has 0 unspecified atom stereocenters. The fourth-order valence-electron chi connectivity index (χ4n) is 3.70. The number of anilines is 1. The van der Waals surface area contributed by atoms with E-state index < -0.39 is 0 Å². The lowest BCUT2D eigenvalue weighted by molar-refractivity contribution is -0.113. The molecular weight excluding hydrogens is 411 g/mol. The summed E-state index contributed by atoms with van der Waals surface area (Å²) < 4.78 is 15.5. The van der Waals surface area contributed by atoms with Gasteiger partial charge in [-0.2, -0.15) is 0 Å². The molecule has 1 aromatic heterocycles. The van der Waals surface area contributed by atoms with Gasteiger partial charge in [-0.15, -0.1) is 0 Å². The Hall–Kier alpha value is -3.64. The van der Waals surface area contributed by atoms with Gasteiger partial charge in [0, 0.05) is 23.6 Å². The van der Waals surface area contributed by atoms with Crippen LogP contribution in [0.2, 0.25) is 0 Å². The van der Waals surface area contributed by atoms with Crippen LogP contribution in [0.1, 0.15) is 11.1 Å². The number of fused-ring (bicyclic) bond motifs is 1. The summed E-state index contributed by atoms with van der Waals surface area (Å²) in [5, 5.41) is 0.706. The molecule has 0 spiro atoms. The highest BCUT2D eigenvalue weighted by Crippen LogP contribution is 2.35. The van der Waals surface area contributed by atoms with Crippen molar-refractivity contribution in [1.29, 1.82) is 0 Å². The van der Waals surface area contributed by atoms with Crippen LogP contribution in [0.5, 0.6) is 0 Å². The highest BCUT2D eigenvalue weighted by atomic mass is 32.2. The van der Waals surface area contributed by atoms with Gasteiger partial charge in [0.05, 0.1) is 10.6 Å². The van der Waals surface area contributed by atoms with Crippen LogP contribution in [-0.2, 0) is 11.3 Å². The van der Waals surface area contributed by atoms with Gasteiger partial charge in [-0.05, 0) is 71.4 Å². The molecule has 31 heavy (non-hydrogen) atoms. The quantitative estimate of drug-likeness (QED) is 0.371. The van der Waals surface area contributed by atoms with Crippen molar-refractivity contribution in [2.75, 3.05) is 4.90 Å². The van der Waals surface area contributed by atoms with Crippen LogP contribution in [0.3, 0.4) is 0 Å². The fourth-order valence-corrected chi connectivity index (χ4v) is 4.54. The number of imide groups is 1. The smallest absolute Gasteiger partial charge is 0.298 e. The van der Waals surface area contributed by atoms with Crippen molar-refractivity contribution >= 4 is 45.6 Å². The van der Waals surface area contributed by atoms with E-state index in [-0.39, 0.29) is 17.0 Å². The molecule has 1 fully saturated rings. The van der Waals surface area contributed by atoms with Gasteiger partial charge in [-0.1, -0.05) is 36.4 Å². The second kappa shape index (κ2) is 7.89. The minimum Gasteiger partial charge on any atom is -0.343 e. The Labute approximate surface area is 182 Å². The normalized spacial score (nSPS) is 15.4. The lowest BCUT2D eigenvalue weighted by Gasteiger charge is -2.11. The van der Waals surface area contributed by atoms with Gasteiger partial charge < -0.3 is 4.57 Å². The van der Waals surface area contributed by atoms with Gasteiger partial charge >= 0.3 is 0 Å². The number of carbonyl (C=O) groups is 2. The Morgan fingerprint density at radius 1 is 0.903 bits per heavy atom. The van der Waals surface area contributed by atoms with Gasteiger partial charge in [0.25, 0.3) is 11.1 Å². The second-order valence-corrected chi connectivity index (χ2v) is 8.24. The fraction of sp³-hybridized carbons (Fsp3) is 0.0400. The molecule has 152 valence electrons. The minimum absolute atomic E-state index is 0.249. The van der Waals surface area contributed by atoms with E-state index in [1.54, 1.807) is 36.4 Å². The number of aromatic nitrogens is 1. The average molecular weight is 428 g/mol. The van der Waals surface area contributed by atoms with Crippen LogP contribution in [0.25, 0.3) is 17.0 Å². The number of thioether (sulfide) groups is 1. The number of amides is 2. The molecule has 5 rings (SSSR count). The van der Waals surface area contributed by atoms with E-state index in [2.05, 4.69) is 4.57 Å². The Morgan fingerprint density at radius 2 is 1.74 bits per heavy atom. The third-order valence-electron chi connectivity index (χ3n) is 5.14. The molecule has 4 nitrogen and oxygen atoms in total. The zero-order chi connectivity index (χ0) is 21.4. The van der Waals surface area contributed by atoms with Crippen molar-refractivity contribution in [2.45, 2.75) is 6.54 Å². The Kier molecular flexibility index (Phi) is 4.92. The van der Waals surface area contributed by atoms with Crippen molar-refractivity contribution in [3.63, 3.8) is 0 Å². The molecule has 4 aromatic rings. The van der Waals surface area contributed by atoms with Gasteiger partial charge in [0.15, 0.2) is 0 Å². The predicted molar refractivity (Wildman–Crippen MR) is 122 cm³/mol. The summed E-state index contributed by atoms with van der Waals surface area (Å²) >= 11 is 0.943. The number of benzene rings is 3. The maximum absolute atomic E-state index is 13.5. The maximum atomic E-state index is 13.5. The number of halogens is 1. The molecule has 0 N–H and O–H groups in total. The average Bonchev–Trinajstić information content (AvgIpc) is 3.28. The van der Waals surface area contributed by atoms with Gasteiger partial charge in [0.2, 0.25) is 0 Å². The van der Waals surface area contributed by atoms with E-state index in [0.717, 1.165) is 33.8 Å². The van der Waals surface area contributed by atoms with E-state index in [9.17, 15) is 14.0 Å². The standard InChI is InChI=1S/C25H17FN2O2S/c26-20-6-4-5-18(14-20)16-27-12-11-19-13-17(9-10-22(19)27)15-23-24(29)28(25(30)31-23)21-7-2-1-3-8-21/h1-15H,16H2/b23-15+. The molecule has 3 aromatic carbocycles. The molecule has 0 aliphatic carbocycles. The summed E-state index contributed by atoms with van der Waals surface area (Å²) in [6.07, 6.45) is 3.71. The van der Waals surface area contributed by atoms with E-state index >= 15 is 0 Å². The SMILES string of the molecule is O=C1S/C(=C/c2ccc3c(ccn3Cc3cccc(F)c3)c2)C(=O)N1c1ccccc1. The number of para-hydroxylation sites is 1. The van der Waals surface area contributed by atoms with Crippen molar-refractivity contribution in [3.8, 4) is 0 Å². The van der Waals surface area contributed by atoms with E-state index in [1.165, 1.54) is 17.0 Å². The highest BCUT2D eigenvalue weighted by Gasteiger charge is 2.36. The van der Waals surface area contributed by atoms with Crippen molar-refractivity contribution in [3.05, 3.63) is 107 Å². The molecular formula is C25H17FN2O2S. The first-order chi connectivity index (χ1) is 15.1. The van der Waals surface area contributed by atoms with E-state index in [4.69, 9.17) is 0 Å². The Balaban J connectivity index is 1.42. The number of rotatable bonds is 4. The third-order valence-corrected chi connectivity index (χ3v) is 6.01. The van der Waals surface area contributed by atoms with Gasteiger partial charge in [0.1, 0.15) is 5.82 Å². The first kappa shape index (κ1) is 19.3. The zero-order valence-electron chi connectivity index (χ0n) is 16.4. The molecule has 1 saturated heterocycles. The van der Waals surface area contributed by atoms with Crippen molar-refractivity contribution < 1.29 is 14.0 Å². The van der Waals surface area contributed by atoms with Crippen molar-refractivity contribution in [1.82, 2.24) is 4.57 Å². The number of nitrogens with zero attached hydrogens (tertiary/aromatic N) is 2.